The van der Waals surface area contributed by atoms with Crippen LogP contribution in [-0.2, 0) is 0 Å². The Hall–Kier alpha value is -2.28. The number of nitrogens with zero attached hydrogens (tertiary/aromatic N) is 4. The topological polar surface area (TPSA) is 78.5 Å². The number of ether oxygens (including phenoxy) is 1. The van der Waals surface area contributed by atoms with E-state index in [2.05, 4.69) is 25.1 Å². The molecule has 7 nitrogen and oxygen atoms in total. The lowest BCUT2D eigenvalue weighted by Crippen LogP contribution is -2.29. The highest BCUT2D eigenvalue weighted by Crippen LogP contribution is 2.35. The fourth-order valence-corrected chi connectivity index (χ4v) is 2.04. The average molecular weight is 320 g/mol. The van der Waals surface area contributed by atoms with E-state index in [1.54, 1.807) is 20.4 Å². The van der Waals surface area contributed by atoms with Crippen LogP contribution in [0, 0.1) is 0 Å². The number of rotatable bonds is 6. The third-order valence-electron chi connectivity index (χ3n) is 3.35. The largest absolute Gasteiger partial charge is 0.494 e. The molecular weight excluding hydrogens is 292 g/mol. The van der Waals surface area contributed by atoms with E-state index in [1.807, 2.05) is 40.2 Å². The Morgan fingerprint density at radius 1 is 1.30 bits per heavy atom. The number of nitrogens with one attached hydrogen (secondary N) is 1. The van der Waals surface area contributed by atoms with Crippen molar-refractivity contribution in [3.63, 3.8) is 0 Å². The predicted molar refractivity (Wildman–Crippen MR) is 100 cm³/mol. The van der Waals surface area contributed by atoms with Crippen molar-refractivity contribution >= 4 is 29.2 Å². The van der Waals surface area contributed by atoms with Gasteiger partial charge in [0, 0.05) is 39.5 Å². The zero-order valence-electron chi connectivity index (χ0n) is 14.9. The summed E-state index contributed by atoms with van der Waals surface area (Å²) in [6.45, 7) is 3.65. The van der Waals surface area contributed by atoms with E-state index in [-0.39, 0.29) is 0 Å². The van der Waals surface area contributed by atoms with E-state index in [0.29, 0.717) is 17.4 Å². The number of aliphatic imine (C=N–C) groups is 2. The van der Waals surface area contributed by atoms with E-state index < -0.39 is 0 Å². The standard InChI is InChI=1S/C16H28N6O/c1-7-19-16(18-2)20-13-10-12(17)14(11-15(13)23-6)22(5)9-8-21(3)4/h7,10-11H,8-9,17H2,1-6H3,(H,18,20)/b19-7-. The number of likely N-dealkylation sites (N-methyl/N-ethyl adjacent to an activating group) is 2. The summed E-state index contributed by atoms with van der Waals surface area (Å²) in [5, 5.41) is 3.13. The molecule has 0 atom stereocenters. The maximum atomic E-state index is 6.21. The first-order valence-corrected chi connectivity index (χ1v) is 7.48. The van der Waals surface area contributed by atoms with Crippen LogP contribution in [0.3, 0.4) is 0 Å². The highest BCUT2D eigenvalue weighted by Gasteiger charge is 2.13. The molecule has 0 bridgehead atoms. The van der Waals surface area contributed by atoms with Gasteiger partial charge in [-0.2, -0.15) is 0 Å². The molecule has 0 radical (unpaired) electrons. The molecule has 7 heteroatoms. The second-order valence-corrected chi connectivity index (χ2v) is 5.40. The zero-order valence-corrected chi connectivity index (χ0v) is 14.9. The Morgan fingerprint density at radius 3 is 2.52 bits per heavy atom. The van der Waals surface area contributed by atoms with Gasteiger partial charge in [-0.05, 0) is 27.1 Å². The number of guanidine groups is 1. The number of benzene rings is 1. The maximum absolute atomic E-state index is 6.21. The van der Waals surface area contributed by atoms with Gasteiger partial charge >= 0.3 is 0 Å². The van der Waals surface area contributed by atoms with Crippen molar-refractivity contribution in [2.75, 3.05) is 64.3 Å². The minimum atomic E-state index is 0.499. The molecule has 1 aromatic rings. The Bertz CT molecular complexity index is 568. The molecule has 1 aromatic carbocycles. The number of hydrogen-bond donors (Lipinski definition) is 2. The fourth-order valence-electron chi connectivity index (χ4n) is 2.04. The highest BCUT2D eigenvalue weighted by atomic mass is 16.5. The third-order valence-corrected chi connectivity index (χ3v) is 3.35. The molecule has 0 unspecified atom stereocenters. The summed E-state index contributed by atoms with van der Waals surface area (Å²) < 4.78 is 5.48. The van der Waals surface area contributed by atoms with Gasteiger partial charge < -0.3 is 25.6 Å². The van der Waals surface area contributed by atoms with Crippen molar-refractivity contribution in [2.45, 2.75) is 6.92 Å². The molecule has 1 rings (SSSR count). The Labute approximate surface area is 138 Å². The zero-order chi connectivity index (χ0) is 17.4. The van der Waals surface area contributed by atoms with Gasteiger partial charge in [0.15, 0.2) is 0 Å². The SMILES string of the molecule is C/C=N\C(=NC)Nc1cc(N)c(N(C)CCN(C)C)cc1OC. The lowest BCUT2D eigenvalue weighted by Gasteiger charge is -2.24. The monoisotopic (exact) mass is 320 g/mol. The van der Waals surface area contributed by atoms with Crippen molar-refractivity contribution in [1.29, 1.82) is 0 Å². The lowest BCUT2D eigenvalue weighted by atomic mass is 10.2. The Morgan fingerprint density at radius 2 is 2.00 bits per heavy atom. The smallest absolute Gasteiger partial charge is 0.221 e. The number of nitrogen functional groups attached to an aromatic ring is 1. The molecule has 0 aliphatic carbocycles. The average Bonchev–Trinajstić information content (AvgIpc) is 2.52. The molecule has 23 heavy (non-hydrogen) atoms. The minimum absolute atomic E-state index is 0.499. The molecule has 128 valence electrons. The quantitative estimate of drug-likeness (QED) is 0.474. The Kier molecular flexibility index (Phi) is 7.34. The van der Waals surface area contributed by atoms with Crippen LogP contribution in [0.25, 0.3) is 0 Å². The molecular formula is C16H28N6O. The summed E-state index contributed by atoms with van der Waals surface area (Å²) in [5.74, 6) is 1.19. The predicted octanol–water partition coefficient (Wildman–Crippen LogP) is 1.76. The number of hydrogen-bond acceptors (Lipinski definition) is 5. The minimum Gasteiger partial charge on any atom is -0.494 e. The lowest BCUT2D eigenvalue weighted by molar-refractivity contribution is 0.413. The van der Waals surface area contributed by atoms with Crippen LogP contribution in [0.1, 0.15) is 6.92 Å². The van der Waals surface area contributed by atoms with Crippen LogP contribution in [0.5, 0.6) is 5.75 Å². The molecule has 0 amide bonds. The van der Waals surface area contributed by atoms with Crippen molar-refractivity contribution in [1.82, 2.24) is 4.90 Å². The van der Waals surface area contributed by atoms with E-state index in [1.165, 1.54) is 0 Å². The number of nitrogens with two attached hydrogens (primary N) is 1. The van der Waals surface area contributed by atoms with Crippen molar-refractivity contribution < 1.29 is 4.74 Å². The maximum Gasteiger partial charge on any atom is 0.221 e. The summed E-state index contributed by atoms with van der Waals surface area (Å²) >= 11 is 0. The van der Waals surface area contributed by atoms with Crippen LogP contribution in [-0.4, -0.2) is 65.5 Å². The van der Waals surface area contributed by atoms with Gasteiger partial charge in [-0.3, -0.25) is 4.99 Å². The van der Waals surface area contributed by atoms with Gasteiger partial charge in [-0.25, -0.2) is 4.99 Å². The van der Waals surface area contributed by atoms with Crippen LogP contribution in [0.15, 0.2) is 22.1 Å². The van der Waals surface area contributed by atoms with E-state index in [9.17, 15) is 0 Å². The van der Waals surface area contributed by atoms with Crippen molar-refractivity contribution in [3.8, 4) is 5.75 Å². The summed E-state index contributed by atoms with van der Waals surface area (Å²) in [7, 11) is 9.41. The number of anilines is 3. The van der Waals surface area contributed by atoms with Crippen LogP contribution < -0.4 is 20.7 Å². The first-order chi connectivity index (χ1) is 10.9. The summed E-state index contributed by atoms with van der Waals surface area (Å²) in [6.07, 6.45) is 1.68. The van der Waals surface area contributed by atoms with E-state index in [4.69, 9.17) is 10.5 Å². The first-order valence-electron chi connectivity index (χ1n) is 7.48. The second kappa shape index (κ2) is 8.99. The number of methoxy groups -OCH3 is 1. The van der Waals surface area contributed by atoms with Gasteiger partial charge in [0.25, 0.3) is 0 Å². The molecule has 0 spiro atoms. The molecule has 0 aromatic heterocycles. The molecule has 3 N–H and O–H groups in total. The van der Waals surface area contributed by atoms with Crippen LogP contribution in [0.4, 0.5) is 17.1 Å². The first kappa shape index (κ1) is 18.8. The van der Waals surface area contributed by atoms with Gasteiger partial charge in [0.05, 0.1) is 24.2 Å². The normalized spacial score (nSPS) is 12.0. The van der Waals surface area contributed by atoms with Crippen LogP contribution >= 0.6 is 0 Å². The van der Waals surface area contributed by atoms with Crippen molar-refractivity contribution in [2.24, 2.45) is 9.98 Å². The van der Waals surface area contributed by atoms with E-state index >= 15 is 0 Å². The Balaban J connectivity index is 3.06. The van der Waals surface area contributed by atoms with Gasteiger partial charge in [-0.15, -0.1) is 0 Å². The van der Waals surface area contributed by atoms with E-state index in [0.717, 1.165) is 24.5 Å². The fraction of sp³-hybridized carbons (Fsp3) is 0.500. The highest BCUT2D eigenvalue weighted by molar-refractivity contribution is 6.00. The van der Waals surface area contributed by atoms with Gasteiger partial charge in [-0.1, -0.05) is 0 Å². The molecule has 0 aliphatic rings. The molecule has 0 fully saturated rings. The summed E-state index contributed by atoms with van der Waals surface area (Å²) in [6, 6.07) is 3.77. The molecule has 0 heterocycles. The second-order valence-electron chi connectivity index (χ2n) is 5.40. The molecule has 0 saturated carbocycles. The molecule has 0 aliphatic heterocycles. The van der Waals surface area contributed by atoms with Gasteiger partial charge in [0.1, 0.15) is 5.75 Å². The molecule has 0 saturated heterocycles. The van der Waals surface area contributed by atoms with Gasteiger partial charge in [0.2, 0.25) is 5.96 Å². The summed E-state index contributed by atoms with van der Waals surface area (Å²) in [5.41, 5.74) is 8.56. The van der Waals surface area contributed by atoms with Crippen molar-refractivity contribution in [3.05, 3.63) is 12.1 Å². The summed E-state index contributed by atoms with van der Waals surface area (Å²) in [4.78, 5) is 12.5. The third kappa shape index (κ3) is 5.45. The van der Waals surface area contributed by atoms with Crippen LogP contribution in [0.2, 0.25) is 0 Å².